The number of amides is 1. The SMILES string of the molecule is O=C(NC(CN1CCCO1)C(O)c1ccc(OC2CC2)c(Cl)c1)C(=O)c1cc2ccc(Cl)cc2s1. The molecule has 0 spiro atoms. The van der Waals surface area contributed by atoms with Gasteiger partial charge in [0.2, 0.25) is 0 Å². The van der Waals surface area contributed by atoms with Crippen LogP contribution in [0.1, 0.15) is 40.6 Å². The molecule has 3 aromatic rings. The van der Waals surface area contributed by atoms with Gasteiger partial charge in [-0.3, -0.25) is 14.4 Å². The van der Waals surface area contributed by atoms with E-state index in [1.165, 1.54) is 11.3 Å². The van der Waals surface area contributed by atoms with Crippen molar-refractivity contribution in [2.75, 3.05) is 19.7 Å². The molecule has 2 N–H and O–H groups in total. The van der Waals surface area contributed by atoms with E-state index in [4.69, 9.17) is 32.8 Å². The van der Waals surface area contributed by atoms with Crippen molar-refractivity contribution in [2.24, 2.45) is 0 Å². The van der Waals surface area contributed by atoms with Gasteiger partial charge in [0, 0.05) is 22.8 Å². The molecule has 5 rings (SSSR count). The van der Waals surface area contributed by atoms with Crippen molar-refractivity contribution in [3.05, 3.63) is 63.0 Å². The molecule has 1 saturated carbocycles. The minimum atomic E-state index is -1.12. The van der Waals surface area contributed by atoms with Crippen LogP contribution in [0.5, 0.6) is 5.75 Å². The molecular weight excluding hydrogens is 511 g/mol. The summed E-state index contributed by atoms with van der Waals surface area (Å²) in [5, 5.41) is 17.4. The number of hydroxylamine groups is 2. The number of ketones is 1. The highest BCUT2D eigenvalue weighted by atomic mass is 35.5. The summed E-state index contributed by atoms with van der Waals surface area (Å²) in [6, 6.07) is 11.2. The molecule has 1 aliphatic heterocycles. The van der Waals surface area contributed by atoms with Gasteiger partial charge in [0.1, 0.15) is 11.9 Å². The molecular formula is C25H24Cl2N2O5S. The van der Waals surface area contributed by atoms with E-state index in [1.807, 2.05) is 0 Å². The molecule has 184 valence electrons. The maximum absolute atomic E-state index is 13.0. The van der Waals surface area contributed by atoms with Crippen LogP contribution in [-0.4, -0.2) is 53.7 Å². The zero-order chi connectivity index (χ0) is 24.5. The van der Waals surface area contributed by atoms with Crippen LogP contribution >= 0.6 is 34.5 Å². The molecule has 35 heavy (non-hydrogen) atoms. The van der Waals surface area contributed by atoms with Crippen molar-refractivity contribution in [1.82, 2.24) is 10.4 Å². The third-order valence-corrected chi connectivity index (χ3v) is 7.58. The number of thiophene rings is 1. The highest BCUT2D eigenvalue weighted by Gasteiger charge is 2.31. The number of benzene rings is 2. The Morgan fingerprint density at radius 1 is 1.20 bits per heavy atom. The third kappa shape index (κ3) is 5.80. The van der Waals surface area contributed by atoms with Crippen LogP contribution in [-0.2, 0) is 9.63 Å². The molecule has 1 aromatic heterocycles. The Bertz CT molecular complexity index is 1260. The number of nitrogens with zero attached hydrogens (tertiary/aromatic N) is 1. The van der Waals surface area contributed by atoms with Gasteiger partial charge in [-0.2, -0.15) is 5.06 Å². The molecule has 7 nitrogen and oxygen atoms in total. The second-order valence-corrected chi connectivity index (χ2v) is 10.7. The quantitative estimate of drug-likeness (QED) is 0.303. The molecule has 2 atom stereocenters. The summed E-state index contributed by atoms with van der Waals surface area (Å²) < 4.78 is 6.59. The average Bonchev–Trinajstić information content (AvgIpc) is 3.32. The van der Waals surface area contributed by atoms with Gasteiger partial charge >= 0.3 is 0 Å². The van der Waals surface area contributed by atoms with Crippen LogP contribution < -0.4 is 10.1 Å². The number of carbonyl (C=O) groups excluding carboxylic acids is 2. The summed E-state index contributed by atoms with van der Waals surface area (Å²) in [4.78, 5) is 31.8. The largest absolute Gasteiger partial charge is 0.489 e. The van der Waals surface area contributed by atoms with Crippen molar-refractivity contribution in [2.45, 2.75) is 37.5 Å². The third-order valence-electron chi connectivity index (χ3n) is 5.95. The van der Waals surface area contributed by atoms with Gasteiger partial charge in [-0.05, 0) is 60.5 Å². The highest BCUT2D eigenvalue weighted by molar-refractivity contribution is 7.21. The first-order chi connectivity index (χ1) is 16.9. The maximum Gasteiger partial charge on any atom is 0.293 e. The standard InChI is InChI=1S/C25H24Cl2N2O5S/c26-16-4-2-14-11-22(35-21(14)12-16)24(31)25(32)28-19(13-29-8-1-9-33-29)23(30)15-3-7-20(18(27)10-15)34-17-5-6-17/h2-4,7,10-12,17,19,23,30H,1,5-6,8-9,13H2,(H,28,32). The van der Waals surface area contributed by atoms with Gasteiger partial charge in [0.15, 0.2) is 0 Å². The summed E-state index contributed by atoms with van der Waals surface area (Å²) in [5.74, 6) is -0.910. The van der Waals surface area contributed by atoms with Gasteiger partial charge in [-0.15, -0.1) is 11.3 Å². The Morgan fingerprint density at radius 2 is 2.03 bits per heavy atom. The maximum atomic E-state index is 13.0. The lowest BCUT2D eigenvalue weighted by Crippen LogP contribution is -2.48. The summed E-state index contributed by atoms with van der Waals surface area (Å²) in [6.07, 6.45) is 1.93. The lowest BCUT2D eigenvalue weighted by molar-refractivity contribution is -0.129. The fraction of sp³-hybridized carbons (Fsp3) is 0.360. The second-order valence-electron chi connectivity index (χ2n) is 8.73. The molecule has 1 amide bonds. The molecule has 0 radical (unpaired) electrons. The fourth-order valence-corrected chi connectivity index (χ4v) is 5.45. The topological polar surface area (TPSA) is 88.1 Å². The average molecular weight is 535 g/mol. The van der Waals surface area contributed by atoms with Crippen molar-refractivity contribution >= 4 is 56.3 Å². The van der Waals surface area contributed by atoms with Gasteiger partial charge in [0.05, 0.1) is 28.7 Å². The summed E-state index contributed by atoms with van der Waals surface area (Å²) >= 11 is 13.6. The molecule has 0 bridgehead atoms. The number of fused-ring (bicyclic) bond motifs is 1. The molecule has 2 unspecified atom stereocenters. The molecule has 2 aliphatic rings. The summed E-state index contributed by atoms with van der Waals surface area (Å²) in [5.41, 5.74) is 0.506. The van der Waals surface area contributed by atoms with Crippen molar-refractivity contribution in [1.29, 1.82) is 0 Å². The van der Waals surface area contributed by atoms with E-state index in [2.05, 4.69) is 5.32 Å². The monoisotopic (exact) mass is 534 g/mol. The van der Waals surface area contributed by atoms with E-state index in [1.54, 1.807) is 47.5 Å². The highest BCUT2D eigenvalue weighted by Crippen LogP contribution is 2.34. The van der Waals surface area contributed by atoms with Crippen LogP contribution in [0.3, 0.4) is 0 Å². The number of carbonyl (C=O) groups is 2. The Kier molecular flexibility index (Phi) is 7.29. The summed E-state index contributed by atoms with van der Waals surface area (Å²) in [7, 11) is 0. The number of ether oxygens (including phenoxy) is 1. The summed E-state index contributed by atoms with van der Waals surface area (Å²) in [6.45, 7) is 1.44. The molecule has 1 aliphatic carbocycles. The van der Waals surface area contributed by atoms with Crippen LogP contribution in [0.25, 0.3) is 10.1 Å². The zero-order valence-electron chi connectivity index (χ0n) is 18.7. The van der Waals surface area contributed by atoms with Crippen molar-refractivity contribution < 1.29 is 24.3 Å². The van der Waals surface area contributed by atoms with E-state index in [9.17, 15) is 14.7 Å². The molecule has 2 fully saturated rings. The van der Waals surface area contributed by atoms with Gasteiger partial charge in [0.25, 0.3) is 11.7 Å². The number of aliphatic hydroxyl groups is 1. The first kappa shape index (κ1) is 24.5. The number of nitrogens with one attached hydrogen (secondary N) is 1. The van der Waals surface area contributed by atoms with Gasteiger partial charge in [-0.25, -0.2) is 0 Å². The van der Waals surface area contributed by atoms with E-state index in [0.29, 0.717) is 39.4 Å². The Morgan fingerprint density at radius 3 is 2.74 bits per heavy atom. The van der Waals surface area contributed by atoms with Crippen LogP contribution in [0.4, 0.5) is 0 Å². The first-order valence-electron chi connectivity index (χ1n) is 11.4. The lowest BCUT2D eigenvalue weighted by Gasteiger charge is -2.28. The first-order valence-corrected chi connectivity index (χ1v) is 13.0. The van der Waals surface area contributed by atoms with E-state index >= 15 is 0 Å². The van der Waals surface area contributed by atoms with Crippen LogP contribution in [0, 0.1) is 0 Å². The smallest absolute Gasteiger partial charge is 0.293 e. The number of Topliss-reactive ketones (excluding diaryl/α,β-unsaturated/α-hetero) is 1. The number of halogens is 2. The number of hydrogen-bond acceptors (Lipinski definition) is 7. The lowest BCUT2D eigenvalue weighted by atomic mass is 10.0. The Labute approximate surface area is 216 Å². The second kappa shape index (κ2) is 10.4. The number of aliphatic hydroxyl groups excluding tert-OH is 1. The van der Waals surface area contributed by atoms with Crippen molar-refractivity contribution in [3.8, 4) is 5.75 Å². The van der Waals surface area contributed by atoms with E-state index < -0.39 is 23.8 Å². The zero-order valence-corrected chi connectivity index (χ0v) is 21.0. The van der Waals surface area contributed by atoms with E-state index in [0.717, 1.165) is 29.3 Å². The van der Waals surface area contributed by atoms with Gasteiger partial charge < -0.3 is 15.2 Å². The molecule has 2 heterocycles. The predicted molar refractivity (Wildman–Crippen MR) is 135 cm³/mol. The minimum Gasteiger partial charge on any atom is -0.489 e. The number of hydrogen-bond donors (Lipinski definition) is 2. The Hall–Kier alpha value is -2.20. The molecule has 10 heteroatoms. The molecule has 2 aromatic carbocycles. The fourth-order valence-electron chi connectivity index (χ4n) is 3.94. The van der Waals surface area contributed by atoms with Crippen LogP contribution in [0.2, 0.25) is 10.0 Å². The number of rotatable bonds is 9. The Balaban J connectivity index is 1.34. The molecule has 1 saturated heterocycles. The predicted octanol–water partition coefficient (Wildman–Crippen LogP) is 4.79. The van der Waals surface area contributed by atoms with Gasteiger partial charge in [-0.1, -0.05) is 35.3 Å². The van der Waals surface area contributed by atoms with Crippen molar-refractivity contribution in [3.63, 3.8) is 0 Å². The minimum absolute atomic E-state index is 0.193. The normalized spacial score (nSPS) is 17.9. The van der Waals surface area contributed by atoms with E-state index in [-0.39, 0.29) is 12.6 Å². The van der Waals surface area contributed by atoms with Crippen LogP contribution in [0.15, 0.2) is 42.5 Å².